The van der Waals surface area contributed by atoms with E-state index in [4.69, 9.17) is 4.74 Å². The predicted molar refractivity (Wildman–Crippen MR) is 90.6 cm³/mol. The molecule has 0 bridgehead atoms. The standard InChI is InChI=1S/C19H38O2/c1-4-5-6-7-8-9-10-11-15-18-19(21-18)17(20)14-12-13-16(2)3/h16-20H,4-15H2,1-3H3/t17-,18+,19+/m0/s1. The van der Waals surface area contributed by atoms with Crippen molar-refractivity contribution in [1.82, 2.24) is 0 Å². The maximum absolute atomic E-state index is 10.1. The SMILES string of the molecule is CCCCCCCCCC[C@H]1O[C@@H]1[C@@H](O)CCCC(C)C. The molecular formula is C19H38O2. The zero-order chi connectivity index (χ0) is 15.5. The van der Waals surface area contributed by atoms with Crippen LogP contribution in [0.4, 0.5) is 0 Å². The molecule has 0 aromatic heterocycles. The highest BCUT2D eigenvalue weighted by Crippen LogP contribution is 2.32. The molecule has 1 heterocycles. The Morgan fingerprint density at radius 2 is 1.48 bits per heavy atom. The van der Waals surface area contributed by atoms with E-state index in [0.29, 0.717) is 6.10 Å². The van der Waals surface area contributed by atoms with Crippen LogP contribution in [0.25, 0.3) is 0 Å². The minimum atomic E-state index is -0.220. The Hall–Kier alpha value is -0.0800. The van der Waals surface area contributed by atoms with Gasteiger partial charge < -0.3 is 9.84 Å². The molecule has 0 aromatic carbocycles. The molecule has 2 nitrogen and oxygen atoms in total. The van der Waals surface area contributed by atoms with Crippen molar-refractivity contribution < 1.29 is 9.84 Å². The van der Waals surface area contributed by atoms with Crippen molar-refractivity contribution >= 4 is 0 Å². The summed E-state index contributed by atoms with van der Waals surface area (Å²) in [5.41, 5.74) is 0. The third-order valence-electron chi connectivity index (χ3n) is 4.62. The highest BCUT2D eigenvalue weighted by molar-refractivity contribution is 4.90. The number of hydrogen-bond acceptors (Lipinski definition) is 2. The first-order chi connectivity index (χ1) is 10.1. The molecule has 0 spiro atoms. The van der Waals surface area contributed by atoms with Gasteiger partial charge in [-0.2, -0.15) is 0 Å². The third-order valence-corrected chi connectivity index (χ3v) is 4.62. The Morgan fingerprint density at radius 3 is 2.10 bits per heavy atom. The van der Waals surface area contributed by atoms with Gasteiger partial charge in [-0.3, -0.25) is 0 Å². The number of rotatable bonds is 14. The first kappa shape index (κ1) is 19.0. The summed E-state index contributed by atoms with van der Waals surface area (Å²) >= 11 is 0. The van der Waals surface area contributed by atoms with E-state index < -0.39 is 0 Å². The molecule has 21 heavy (non-hydrogen) atoms. The van der Waals surface area contributed by atoms with Gasteiger partial charge in [-0.15, -0.1) is 0 Å². The molecule has 1 aliphatic heterocycles. The monoisotopic (exact) mass is 298 g/mol. The molecule has 1 N–H and O–H groups in total. The van der Waals surface area contributed by atoms with Crippen LogP contribution in [0.5, 0.6) is 0 Å². The zero-order valence-corrected chi connectivity index (χ0v) is 14.7. The second kappa shape index (κ2) is 11.5. The average Bonchev–Trinajstić information content (AvgIpc) is 3.21. The van der Waals surface area contributed by atoms with E-state index in [0.717, 1.165) is 25.2 Å². The van der Waals surface area contributed by atoms with E-state index >= 15 is 0 Å². The Bertz CT molecular complexity index is 240. The normalized spacial score (nSPS) is 22.7. The van der Waals surface area contributed by atoms with Crippen LogP contribution in [0, 0.1) is 5.92 Å². The van der Waals surface area contributed by atoms with Crippen molar-refractivity contribution in [3.05, 3.63) is 0 Å². The summed E-state index contributed by atoms with van der Waals surface area (Å²) in [5, 5.41) is 10.1. The number of ether oxygens (including phenoxy) is 1. The Morgan fingerprint density at radius 1 is 0.857 bits per heavy atom. The van der Waals surface area contributed by atoms with E-state index in [9.17, 15) is 5.11 Å². The van der Waals surface area contributed by atoms with E-state index in [-0.39, 0.29) is 12.2 Å². The van der Waals surface area contributed by atoms with Crippen LogP contribution in [0.15, 0.2) is 0 Å². The van der Waals surface area contributed by atoms with Gasteiger partial charge in [0, 0.05) is 0 Å². The number of unbranched alkanes of at least 4 members (excludes halogenated alkanes) is 7. The maximum atomic E-state index is 10.1. The Balaban J connectivity index is 1.87. The van der Waals surface area contributed by atoms with Crippen molar-refractivity contribution in [2.45, 2.75) is 116 Å². The van der Waals surface area contributed by atoms with Crippen LogP contribution < -0.4 is 0 Å². The lowest BCUT2D eigenvalue weighted by Crippen LogP contribution is -2.17. The van der Waals surface area contributed by atoms with Crippen molar-refractivity contribution in [2.75, 3.05) is 0 Å². The molecular weight excluding hydrogens is 260 g/mol. The first-order valence-corrected chi connectivity index (χ1v) is 9.48. The molecule has 0 unspecified atom stereocenters. The van der Waals surface area contributed by atoms with Crippen molar-refractivity contribution in [3.8, 4) is 0 Å². The third kappa shape index (κ3) is 9.52. The lowest BCUT2D eigenvalue weighted by atomic mass is 10.0. The molecule has 3 atom stereocenters. The lowest BCUT2D eigenvalue weighted by molar-refractivity contribution is 0.122. The molecule has 1 rings (SSSR count). The predicted octanol–water partition coefficient (Wildman–Crippen LogP) is 5.47. The number of epoxide rings is 1. The fourth-order valence-electron chi connectivity index (χ4n) is 3.11. The molecule has 1 fully saturated rings. The highest BCUT2D eigenvalue weighted by atomic mass is 16.6. The van der Waals surface area contributed by atoms with Gasteiger partial charge >= 0.3 is 0 Å². The minimum absolute atomic E-state index is 0.154. The van der Waals surface area contributed by atoms with Crippen molar-refractivity contribution in [3.63, 3.8) is 0 Å². The minimum Gasteiger partial charge on any atom is -0.390 e. The van der Waals surface area contributed by atoms with Crippen LogP contribution >= 0.6 is 0 Å². The quantitative estimate of drug-likeness (QED) is 0.340. The molecule has 0 amide bonds. The van der Waals surface area contributed by atoms with Crippen LogP contribution in [0.2, 0.25) is 0 Å². The first-order valence-electron chi connectivity index (χ1n) is 9.48. The van der Waals surface area contributed by atoms with Gasteiger partial charge in [0.15, 0.2) is 0 Å². The Kier molecular flexibility index (Phi) is 10.4. The number of aliphatic hydroxyl groups is 1. The molecule has 126 valence electrons. The van der Waals surface area contributed by atoms with Gasteiger partial charge in [0.05, 0.1) is 12.2 Å². The van der Waals surface area contributed by atoms with Crippen LogP contribution in [0.3, 0.4) is 0 Å². The van der Waals surface area contributed by atoms with Gasteiger partial charge in [0.1, 0.15) is 6.10 Å². The zero-order valence-electron chi connectivity index (χ0n) is 14.7. The van der Waals surface area contributed by atoms with Gasteiger partial charge in [-0.25, -0.2) is 0 Å². The van der Waals surface area contributed by atoms with Crippen molar-refractivity contribution in [1.29, 1.82) is 0 Å². The fraction of sp³-hybridized carbons (Fsp3) is 1.00. The molecule has 0 saturated carbocycles. The second-order valence-electron chi connectivity index (χ2n) is 7.29. The van der Waals surface area contributed by atoms with Crippen LogP contribution in [-0.4, -0.2) is 23.4 Å². The summed E-state index contributed by atoms with van der Waals surface area (Å²) < 4.78 is 5.65. The average molecular weight is 299 g/mol. The largest absolute Gasteiger partial charge is 0.390 e. The van der Waals surface area contributed by atoms with Crippen LogP contribution in [-0.2, 0) is 4.74 Å². The van der Waals surface area contributed by atoms with Gasteiger partial charge in [-0.1, -0.05) is 85.0 Å². The molecule has 2 heteroatoms. The smallest absolute Gasteiger partial charge is 0.110 e. The van der Waals surface area contributed by atoms with E-state index in [1.807, 2.05) is 0 Å². The maximum Gasteiger partial charge on any atom is 0.110 e. The van der Waals surface area contributed by atoms with E-state index in [2.05, 4.69) is 20.8 Å². The number of aliphatic hydroxyl groups excluding tert-OH is 1. The number of hydrogen-bond donors (Lipinski definition) is 1. The highest BCUT2D eigenvalue weighted by Gasteiger charge is 2.42. The van der Waals surface area contributed by atoms with Gasteiger partial charge in [-0.05, 0) is 18.8 Å². The summed E-state index contributed by atoms with van der Waals surface area (Å²) in [6.45, 7) is 6.75. The molecule has 1 aliphatic rings. The van der Waals surface area contributed by atoms with Crippen molar-refractivity contribution in [2.24, 2.45) is 5.92 Å². The summed E-state index contributed by atoms with van der Waals surface area (Å²) in [6.07, 6.45) is 15.6. The molecule has 0 aromatic rings. The van der Waals surface area contributed by atoms with Crippen LogP contribution in [0.1, 0.15) is 97.8 Å². The van der Waals surface area contributed by atoms with E-state index in [1.165, 1.54) is 57.8 Å². The van der Waals surface area contributed by atoms with E-state index in [1.54, 1.807) is 0 Å². The summed E-state index contributed by atoms with van der Waals surface area (Å²) in [7, 11) is 0. The van der Waals surface area contributed by atoms with Gasteiger partial charge in [0.25, 0.3) is 0 Å². The second-order valence-corrected chi connectivity index (χ2v) is 7.29. The molecule has 0 radical (unpaired) electrons. The summed E-state index contributed by atoms with van der Waals surface area (Å²) in [4.78, 5) is 0. The lowest BCUT2D eigenvalue weighted by Gasteiger charge is -2.08. The summed E-state index contributed by atoms with van der Waals surface area (Å²) in [6, 6.07) is 0. The topological polar surface area (TPSA) is 32.8 Å². The molecule has 0 aliphatic carbocycles. The fourth-order valence-corrected chi connectivity index (χ4v) is 3.11. The molecule has 1 saturated heterocycles. The summed E-state index contributed by atoms with van der Waals surface area (Å²) in [5.74, 6) is 0.741. The van der Waals surface area contributed by atoms with Gasteiger partial charge in [0.2, 0.25) is 0 Å². The Labute approximate surface area is 132 Å².